The molecule has 10 heteroatoms. The number of aryl methyl sites for hydroxylation is 1. The van der Waals surface area contributed by atoms with Gasteiger partial charge in [0, 0.05) is 18.5 Å². The normalized spacial score (nSPS) is 17.5. The van der Waals surface area contributed by atoms with Crippen molar-refractivity contribution in [2.24, 2.45) is 5.92 Å². The topological polar surface area (TPSA) is 45.2 Å². The SMILES string of the molecule is O=S(Nc1ccc(CCCC2CCCC2)cc1F)c1ccc2c(c1)CCN(Cc1nc(C(F)(F)F)cs1)C2. The van der Waals surface area contributed by atoms with Gasteiger partial charge in [-0.25, -0.2) is 13.6 Å². The number of hydrogen-bond donors (Lipinski definition) is 1. The van der Waals surface area contributed by atoms with Crippen molar-refractivity contribution < 1.29 is 21.8 Å². The number of nitrogens with one attached hydrogen (secondary N) is 1. The number of rotatable bonds is 9. The predicted octanol–water partition coefficient (Wildman–Crippen LogP) is 7.51. The molecule has 38 heavy (non-hydrogen) atoms. The van der Waals surface area contributed by atoms with Crippen molar-refractivity contribution in [2.45, 2.75) is 75.5 Å². The van der Waals surface area contributed by atoms with E-state index >= 15 is 0 Å². The Balaban J connectivity index is 1.15. The second-order valence-corrected chi connectivity index (χ2v) is 12.4. The molecule has 2 aliphatic rings. The number of benzene rings is 2. The highest BCUT2D eigenvalue weighted by Gasteiger charge is 2.34. The van der Waals surface area contributed by atoms with Gasteiger partial charge >= 0.3 is 6.18 Å². The van der Waals surface area contributed by atoms with Crippen LogP contribution >= 0.6 is 11.3 Å². The second-order valence-electron chi connectivity index (χ2n) is 10.2. The number of nitrogens with zero attached hydrogens (tertiary/aromatic N) is 2. The molecule has 0 bridgehead atoms. The molecule has 3 aromatic rings. The van der Waals surface area contributed by atoms with E-state index in [-0.39, 0.29) is 5.69 Å². The molecule has 1 N–H and O–H groups in total. The maximum absolute atomic E-state index is 14.7. The maximum atomic E-state index is 14.7. The Kier molecular flexibility index (Phi) is 8.50. The summed E-state index contributed by atoms with van der Waals surface area (Å²) in [4.78, 5) is 6.34. The quantitative estimate of drug-likeness (QED) is 0.273. The second kappa shape index (κ2) is 11.8. The molecule has 0 saturated heterocycles. The molecule has 5 rings (SSSR count). The molecular formula is C28H31F4N3OS2. The van der Waals surface area contributed by atoms with Gasteiger partial charge in [-0.2, -0.15) is 13.2 Å². The third-order valence-corrected chi connectivity index (χ3v) is 9.39. The van der Waals surface area contributed by atoms with Gasteiger partial charge in [0.25, 0.3) is 0 Å². The first-order chi connectivity index (χ1) is 18.2. The van der Waals surface area contributed by atoms with Gasteiger partial charge in [0.15, 0.2) is 5.69 Å². The Morgan fingerprint density at radius 1 is 1.11 bits per heavy atom. The van der Waals surface area contributed by atoms with Crippen LogP contribution in [-0.4, -0.2) is 20.6 Å². The fraction of sp³-hybridized carbons (Fsp3) is 0.464. The molecule has 1 aromatic heterocycles. The van der Waals surface area contributed by atoms with Gasteiger partial charge in [0.1, 0.15) is 21.8 Å². The van der Waals surface area contributed by atoms with Crippen LogP contribution in [0, 0.1) is 11.7 Å². The van der Waals surface area contributed by atoms with Gasteiger partial charge in [0.05, 0.1) is 17.1 Å². The van der Waals surface area contributed by atoms with Crippen LogP contribution in [0.3, 0.4) is 0 Å². The van der Waals surface area contributed by atoms with Gasteiger partial charge in [0.2, 0.25) is 0 Å². The number of alkyl halides is 3. The molecular weight excluding hydrogens is 534 g/mol. The van der Waals surface area contributed by atoms with Crippen LogP contribution in [-0.2, 0) is 43.1 Å². The lowest BCUT2D eigenvalue weighted by Crippen LogP contribution is -2.30. The van der Waals surface area contributed by atoms with E-state index in [1.54, 1.807) is 12.1 Å². The molecule has 1 fully saturated rings. The monoisotopic (exact) mass is 565 g/mol. The molecule has 1 atom stereocenters. The van der Waals surface area contributed by atoms with Crippen molar-refractivity contribution in [3.8, 4) is 0 Å². The lowest BCUT2D eigenvalue weighted by Gasteiger charge is -2.28. The number of halogens is 4. The Morgan fingerprint density at radius 3 is 2.66 bits per heavy atom. The molecule has 1 aliphatic heterocycles. The van der Waals surface area contributed by atoms with Crippen LogP contribution in [0.2, 0.25) is 0 Å². The summed E-state index contributed by atoms with van der Waals surface area (Å²) in [5, 5.41) is 1.49. The van der Waals surface area contributed by atoms with E-state index in [2.05, 4.69) is 14.6 Å². The number of hydrogen-bond acceptors (Lipinski definition) is 4. The molecule has 1 saturated carbocycles. The van der Waals surface area contributed by atoms with Gasteiger partial charge in [-0.05, 0) is 66.1 Å². The lowest BCUT2D eigenvalue weighted by atomic mass is 9.98. The van der Waals surface area contributed by atoms with Gasteiger partial charge in [-0.1, -0.05) is 44.2 Å². The van der Waals surface area contributed by atoms with E-state index in [0.29, 0.717) is 36.0 Å². The molecule has 204 valence electrons. The summed E-state index contributed by atoms with van der Waals surface area (Å²) < 4.78 is 69.0. The Morgan fingerprint density at radius 2 is 1.92 bits per heavy atom. The van der Waals surface area contributed by atoms with Crippen molar-refractivity contribution in [2.75, 3.05) is 11.3 Å². The van der Waals surface area contributed by atoms with Crippen LogP contribution in [0.1, 0.15) is 65.9 Å². The van der Waals surface area contributed by atoms with Gasteiger partial charge in [-0.15, -0.1) is 11.3 Å². The zero-order chi connectivity index (χ0) is 26.7. The summed E-state index contributed by atoms with van der Waals surface area (Å²) in [6.45, 7) is 1.59. The van der Waals surface area contributed by atoms with E-state index in [1.807, 2.05) is 18.2 Å². The largest absolute Gasteiger partial charge is 0.434 e. The number of anilines is 1. The predicted molar refractivity (Wildman–Crippen MR) is 143 cm³/mol. The summed E-state index contributed by atoms with van der Waals surface area (Å²) in [6, 6.07) is 10.6. The highest BCUT2D eigenvalue weighted by atomic mass is 32.2. The van der Waals surface area contributed by atoms with Crippen molar-refractivity contribution in [1.82, 2.24) is 9.88 Å². The molecule has 1 unspecified atom stereocenters. The van der Waals surface area contributed by atoms with E-state index in [4.69, 9.17) is 0 Å². The van der Waals surface area contributed by atoms with E-state index in [9.17, 15) is 21.8 Å². The van der Waals surface area contributed by atoms with Crippen LogP contribution in [0.5, 0.6) is 0 Å². The lowest BCUT2D eigenvalue weighted by molar-refractivity contribution is -0.140. The van der Waals surface area contributed by atoms with Crippen molar-refractivity contribution in [1.29, 1.82) is 0 Å². The average molecular weight is 566 g/mol. The zero-order valence-electron chi connectivity index (χ0n) is 21.0. The minimum absolute atomic E-state index is 0.216. The number of aromatic nitrogens is 1. The summed E-state index contributed by atoms with van der Waals surface area (Å²) in [5.41, 5.74) is 2.41. The summed E-state index contributed by atoms with van der Waals surface area (Å²) in [6.07, 6.45) is 4.68. The third-order valence-electron chi connectivity index (χ3n) is 7.47. The highest BCUT2D eigenvalue weighted by molar-refractivity contribution is 7.86. The molecule has 0 radical (unpaired) electrons. The Hall–Kier alpha value is -2.30. The summed E-state index contributed by atoms with van der Waals surface area (Å²) in [7, 11) is -1.62. The average Bonchev–Trinajstić information content (AvgIpc) is 3.58. The van der Waals surface area contributed by atoms with Crippen LogP contribution in [0.25, 0.3) is 0 Å². The fourth-order valence-corrected chi connectivity index (χ4v) is 7.16. The molecule has 4 nitrogen and oxygen atoms in total. The van der Waals surface area contributed by atoms with Gasteiger partial charge in [-0.3, -0.25) is 9.62 Å². The minimum atomic E-state index is -4.43. The molecule has 2 aromatic carbocycles. The van der Waals surface area contributed by atoms with Gasteiger partial charge < -0.3 is 0 Å². The third kappa shape index (κ3) is 6.82. The molecule has 1 aliphatic carbocycles. The van der Waals surface area contributed by atoms with Crippen LogP contribution < -0.4 is 4.72 Å². The van der Waals surface area contributed by atoms with Crippen LogP contribution in [0.4, 0.5) is 23.2 Å². The first-order valence-corrected chi connectivity index (χ1v) is 15.1. The number of fused-ring (bicyclic) bond motifs is 1. The van der Waals surface area contributed by atoms with E-state index < -0.39 is 28.7 Å². The minimum Gasteiger partial charge on any atom is -0.298 e. The maximum Gasteiger partial charge on any atom is 0.434 e. The van der Waals surface area contributed by atoms with Crippen molar-refractivity contribution >= 4 is 28.0 Å². The molecule has 2 heterocycles. The number of thiazole rings is 1. The first kappa shape index (κ1) is 27.3. The Labute approximate surface area is 227 Å². The summed E-state index contributed by atoms with van der Waals surface area (Å²) in [5.74, 6) is 0.425. The van der Waals surface area contributed by atoms with Crippen molar-refractivity contribution in [3.05, 3.63) is 75.0 Å². The van der Waals surface area contributed by atoms with Crippen molar-refractivity contribution in [3.63, 3.8) is 0 Å². The van der Waals surface area contributed by atoms with E-state index in [0.717, 1.165) is 52.2 Å². The molecule has 0 amide bonds. The Bertz CT molecular complexity index is 1290. The first-order valence-electron chi connectivity index (χ1n) is 13.1. The zero-order valence-corrected chi connectivity index (χ0v) is 22.7. The van der Waals surface area contributed by atoms with E-state index in [1.165, 1.54) is 38.2 Å². The highest BCUT2D eigenvalue weighted by Crippen LogP contribution is 2.32. The fourth-order valence-electron chi connectivity index (χ4n) is 5.39. The van der Waals surface area contributed by atoms with Crippen LogP contribution in [0.15, 0.2) is 46.7 Å². The molecule has 0 spiro atoms. The smallest absolute Gasteiger partial charge is 0.298 e. The standard InChI is InChI=1S/C28H31F4N3OS2/c29-24-14-20(7-3-6-19-4-1-2-5-19)8-11-25(24)34-38(36)23-10-9-22-16-35(13-12-21(22)15-23)17-27-33-26(18-37-27)28(30,31)32/h8-11,14-15,18-19,34H,1-7,12-13,16-17H2. The summed E-state index contributed by atoms with van der Waals surface area (Å²) >= 11 is 1.02.